The average Bonchev–Trinajstić information content (AvgIpc) is 2.34. The zero-order valence-electron chi connectivity index (χ0n) is 11.1. The Hall–Kier alpha value is -1.38. The van der Waals surface area contributed by atoms with Crippen LogP contribution in [0.15, 0.2) is 42.5 Å². The Kier molecular flexibility index (Phi) is 3.93. The van der Waals surface area contributed by atoms with Crippen molar-refractivity contribution in [3.63, 3.8) is 0 Å². The molecule has 0 aliphatic carbocycles. The van der Waals surface area contributed by atoms with Gasteiger partial charge in [0, 0.05) is 10.6 Å². The van der Waals surface area contributed by atoms with Crippen molar-refractivity contribution in [1.82, 2.24) is 0 Å². The minimum atomic E-state index is -0.552. The van der Waals surface area contributed by atoms with Crippen molar-refractivity contribution in [3.05, 3.63) is 70.0 Å². The molecule has 1 unspecified atom stereocenters. The summed E-state index contributed by atoms with van der Waals surface area (Å²) in [5, 5.41) is 0.682. The van der Waals surface area contributed by atoms with Gasteiger partial charge >= 0.3 is 0 Å². The lowest BCUT2D eigenvalue weighted by atomic mass is 9.85. The van der Waals surface area contributed by atoms with Crippen molar-refractivity contribution >= 4 is 11.6 Å². The maximum absolute atomic E-state index is 13.3. The molecule has 0 saturated carbocycles. The zero-order chi connectivity index (χ0) is 14.0. The fourth-order valence-corrected chi connectivity index (χ4v) is 2.28. The number of halogens is 2. The molecule has 0 saturated heterocycles. The van der Waals surface area contributed by atoms with Crippen LogP contribution in [0.5, 0.6) is 0 Å². The van der Waals surface area contributed by atoms with Crippen LogP contribution in [0.1, 0.15) is 23.6 Å². The maximum atomic E-state index is 13.3. The van der Waals surface area contributed by atoms with E-state index in [1.807, 2.05) is 38.1 Å². The molecule has 19 heavy (non-hydrogen) atoms. The van der Waals surface area contributed by atoms with Crippen molar-refractivity contribution in [2.75, 3.05) is 0 Å². The predicted octanol–water partition coefficient (Wildman–Crippen LogP) is 4.20. The quantitative estimate of drug-likeness (QED) is 0.894. The Labute approximate surface area is 118 Å². The summed E-state index contributed by atoms with van der Waals surface area (Å²) in [4.78, 5) is 0. The fraction of sp³-hybridized carbons (Fsp3) is 0.250. The summed E-state index contributed by atoms with van der Waals surface area (Å²) < 4.78 is 13.3. The molecule has 2 N–H and O–H groups in total. The van der Waals surface area contributed by atoms with E-state index in [9.17, 15) is 4.39 Å². The maximum Gasteiger partial charge on any atom is 0.123 e. The van der Waals surface area contributed by atoms with Crippen LogP contribution in [0.4, 0.5) is 4.39 Å². The van der Waals surface area contributed by atoms with E-state index in [4.69, 9.17) is 17.3 Å². The van der Waals surface area contributed by atoms with Crippen molar-refractivity contribution in [3.8, 4) is 0 Å². The van der Waals surface area contributed by atoms with Gasteiger partial charge in [0.25, 0.3) is 0 Å². The van der Waals surface area contributed by atoms with Gasteiger partial charge in [0.15, 0.2) is 0 Å². The standard InChI is InChI=1S/C16H17ClFN/c1-11-3-8-15(18)9-12(11)10-16(2,19)13-4-6-14(17)7-5-13/h3-9H,10,19H2,1-2H3. The lowest BCUT2D eigenvalue weighted by molar-refractivity contribution is 0.488. The molecule has 0 radical (unpaired) electrons. The molecule has 2 aromatic carbocycles. The van der Waals surface area contributed by atoms with E-state index in [1.54, 1.807) is 12.1 Å². The number of hydrogen-bond donors (Lipinski definition) is 1. The van der Waals surface area contributed by atoms with Crippen molar-refractivity contribution in [2.45, 2.75) is 25.8 Å². The van der Waals surface area contributed by atoms with Crippen LogP contribution in [-0.4, -0.2) is 0 Å². The second-order valence-corrected chi connectivity index (χ2v) is 5.61. The molecule has 0 aromatic heterocycles. The predicted molar refractivity (Wildman–Crippen MR) is 77.8 cm³/mol. The molecule has 0 bridgehead atoms. The molecule has 2 rings (SSSR count). The number of nitrogens with two attached hydrogens (primary N) is 1. The molecule has 0 amide bonds. The molecular formula is C16H17ClFN. The highest BCUT2D eigenvalue weighted by Crippen LogP contribution is 2.26. The first-order valence-electron chi connectivity index (χ1n) is 6.18. The first-order valence-corrected chi connectivity index (χ1v) is 6.56. The SMILES string of the molecule is Cc1ccc(F)cc1CC(C)(N)c1ccc(Cl)cc1. The first-order chi connectivity index (χ1) is 8.88. The Morgan fingerprint density at radius 3 is 2.42 bits per heavy atom. The third kappa shape index (κ3) is 3.34. The van der Waals surface area contributed by atoms with E-state index >= 15 is 0 Å². The van der Waals surface area contributed by atoms with Crippen LogP contribution < -0.4 is 5.73 Å². The van der Waals surface area contributed by atoms with Gasteiger partial charge in [-0.1, -0.05) is 29.8 Å². The number of aryl methyl sites for hydroxylation is 1. The van der Waals surface area contributed by atoms with Gasteiger partial charge in [0.05, 0.1) is 0 Å². The molecule has 3 heteroatoms. The Morgan fingerprint density at radius 2 is 1.79 bits per heavy atom. The molecule has 2 aromatic rings. The molecule has 0 fully saturated rings. The Morgan fingerprint density at radius 1 is 1.16 bits per heavy atom. The third-order valence-electron chi connectivity index (χ3n) is 3.37. The molecule has 100 valence electrons. The summed E-state index contributed by atoms with van der Waals surface area (Å²) in [6, 6.07) is 12.3. The number of benzene rings is 2. The van der Waals surface area contributed by atoms with Gasteiger partial charge in [-0.3, -0.25) is 0 Å². The monoisotopic (exact) mass is 277 g/mol. The Bertz CT molecular complexity index is 576. The summed E-state index contributed by atoms with van der Waals surface area (Å²) in [6.07, 6.45) is 0.582. The van der Waals surface area contributed by atoms with Crippen LogP contribution in [-0.2, 0) is 12.0 Å². The van der Waals surface area contributed by atoms with E-state index in [0.717, 1.165) is 16.7 Å². The Balaban J connectivity index is 2.30. The highest BCUT2D eigenvalue weighted by atomic mass is 35.5. The molecule has 1 atom stereocenters. The number of rotatable bonds is 3. The van der Waals surface area contributed by atoms with Gasteiger partial charge in [-0.25, -0.2) is 4.39 Å². The second-order valence-electron chi connectivity index (χ2n) is 5.17. The van der Waals surface area contributed by atoms with Gasteiger partial charge in [0.1, 0.15) is 5.82 Å². The lowest BCUT2D eigenvalue weighted by Gasteiger charge is -2.26. The normalized spacial score (nSPS) is 14.2. The molecule has 0 aliphatic rings. The minimum Gasteiger partial charge on any atom is -0.321 e. The highest BCUT2D eigenvalue weighted by Gasteiger charge is 2.22. The van der Waals surface area contributed by atoms with E-state index in [-0.39, 0.29) is 5.82 Å². The van der Waals surface area contributed by atoms with Gasteiger partial charge in [-0.05, 0) is 61.2 Å². The van der Waals surface area contributed by atoms with Crippen LogP contribution >= 0.6 is 11.6 Å². The largest absolute Gasteiger partial charge is 0.321 e. The van der Waals surface area contributed by atoms with Crippen LogP contribution in [0.25, 0.3) is 0 Å². The summed E-state index contributed by atoms with van der Waals surface area (Å²) in [7, 11) is 0. The van der Waals surface area contributed by atoms with E-state index in [1.165, 1.54) is 6.07 Å². The van der Waals surface area contributed by atoms with Gasteiger partial charge in [-0.2, -0.15) is 0 Å². The molecular weight excluding hydrogens is 261 g/mol. The topological polar surface area (TPSA) is 26.0 Å². The van der Waals surface area contributed by atoms with Crippen LogP contribution in [0, 0.1) is 12.7 Å². The van der Waals surface area contributed by atoms with Crippen molar-refractivity contribution in [1.29, 1.82) is 0 Å². The minimum absolute atomic E-state index is 0.229. The van der Waals surface area contributed by atoms with Crippen LogP contribution in [0.3, 0.4) is 0 Å². The van der Waals surface area contributed by atoms with Crippen molar-refractivity contribution < 1.29 is 4.39 Å². The molecule has 0 aliphatic heterocycles. The van der Waals surface area contributed by atoms with Gasteiger partial charge < -0.3 is 5.73 Å². The van der Waals surface area contributed by atoms with E-state index < -0.39 is 5.54 Å². The highest BCUT2D eigenvalue weighted by molar-refractivity contribution is 6.30. The van der Waals surface area contributed by atoms with E-state index in [2.05, 4.69) is 0 Å². The molecule has 1 nitrogen and oxygen atoms in total. The summed E-state index contributed by atoms with van der Waals surface area (Å²) in [5.74, 6) is -0.229. The average molecular weight is 278 g/mol. The smallest absolute Gasteiger partial charge is 0.123 e. The second kappa shape index (κ2) is 5.32. The van der Waals surface area contributed by atoms with Crippen LogP contribution in [0.2, 0.25) is 5.02 Å². The lowest BCUT2D eigenvalue weighted by Crippen LogP contribution is -2.35. The zero-order valence-corrected chi connectivity index (χ0v) is 11.8. The van der Waals surface area contributed by atoms with Gasteiger partial charge in [-0.15, -0.1) is 0 Å². The number of hydrogen-bond acceptors (Lipinski definition) is 1. The summed E-state index contributed by atoms with van der Waals surface area (Å²) in [6.45, 7) is 3.91. The van der Waals surface area contributed by atoms with Crippen molar-refractivity contribution in [2.24, 2.45) is 5.73 Å². The summed E-state index contributed by atoms with van der Waals surface area (Å²) in [5.41, 5.74) is 8.79. The van der Waals surface area contributed by atoms with E-state index in [0.29, 0.717) is 11.4 Å². The molecule has 0 spiro atoms. The van der Waals surface area contributed by atoms with Gasteiger partial charge in [0.2, 0.25) is 0 Å². The summed E-state index contributed by atoms with van der Waals surface area (Å²) >= 11 is 5.88. The first kappa shape index (κ1) is 14.0. The fourth-order valence-electron chi connectivity index (χ4n) is 2.16. The third-order valence-corrected chi connectivity index (χ3v) is 3.62. The molecule has 0 heterocycles.